The predicted octanol–water partition coefficient (Wildman–Crippen LogP) is 6.43. The first-order chi connectivity index (χ1) is 14.2. The molecule has 2 aromatic carbocycles. The molecular weight excluding hydrogens is 392 g/mol. The van der Waals surface area contributed by atoms with Crippen LogP contribution in [0.1, 0.15) is 48.5 Å². The Morgan fingerprint density at radius 1 is 1.03 bits per heavy atom. The van der Waals surface area contributed by atoms with Crippen LogP contribution < -0.4 is 0 Å². The molecule has 2 heterocycles. The normalized spacial score (nSPS) is 14.9. The molecule has 0 N–H and O–H groups in total. The molecule has 1 aliphatic rings. The summed E-state index contributed by atoms with van der Waals surface area (Å²) in [5, 5.41) is 1.10. The fourth-order valence-electron chi connectivity index (χ4n) is 4.35. The van der Waals surface area contributed by atoms with Gasteiger partial charge in [-0.05, 0) is 56.0 Å². The number of benzene rings is 2. The number of aryl methyl sites for hydroxylation is 1. The Labute approximate surface area is 185 Å². The summed E-state index contributed by atoms with van der Waals surface area (Å²) < 4.78 is 2.18. The van der Waals surface area contributed by atoms with Gasteiger partial charge in [-0.1, -0.05) is 48.5 Å². The Balaban J connectivity index is 0.00000256. The molecule has 1 fully saturated rings. The first kappa shape index (κ1) is 22.2. The highest BCUT2D eigenvalue weighted by molar-refractivity contribution is 6.08. The van der Waals surface area contributed by atoms with Crippen LogP contribution in [0.3, 0.4) is 0 Å². The van der Waals surface area contributed by atoms with Gasteiger partial charge in [-0.3, -0.25) is 4.79 Å². The molecule has 0 aliphatic carbocycles. The molecule has 0 unspecified atom stereocenters. The van der Waals surface area contributed by atoms with Gasteiger partial charge in [-0.2, -0.15) is 0 Å². The molecule has 1 aromatic heterocycles. The van der Waals surface area contributed by atoms with Gasteiger partial charge in [0, 0.05) is 48.7 Å². The quantitative estimate of drug-likeness (QED) is 0.410. The summed E-state index contributed by atoms with van der Waals surface area (Å²) in [6, 6.07) is 18.7. The van der Waals surface area contributed by atoms with Crippen molar-refractivity contribution in [3.8, 4) is 0 Å². The lowest BCUT2D eigenvalue weighted by Crippen LogP contribution is -2.29. The molecule has 158 valence electrons. The third-order valence-corrected chi connectivity index (χ3v) is 6.14. The summed E-state index contributed by atoms with van der Waals surface area (Å²) in [5.74, 6) is 0.944. The van der Waals surface area contributed by atoms with E-state index in [-0.39, 0.29) is 12.4 Å². The highest BCUT2D eigenvalue weighted by atomic mass is 35.5. The molecular formula is C26H31ClN2O. The second-order valence-electron chi connectivity index (χ2n) is 8.01. The molecule has 1 saturated heterocycles. The maximum Gasteiger partial charge on any atom is 0.165 e. The first-order valence-corrected chi connectivity index (χ1v) is 10.8. The zero-order valence-corrected chi connectivity index (χ0v) is 18.5. The molecule has 0 radical (unpaired) electrons. The van der Waals surface area contributed by atoms with E-state index in [0.717, 1.165) is 42.5 Å². The van der Waals surface area contributed by atoms with Crippen molar-refractivity contribution in [2.24, 2.45) is 5.92 Å². The number of likely N-dealkylation sites (tertiary alicyclic amines) is 1. The van der Waals surface area contributed by atoms with Gasteiger partial charge in [0.2, 0.25) is 0 Å². The number of rotatable bonds is 7. The van der Waals surface area contributed by atoms with Gasteiger partial charge in [-0.25, -0.2) is 0 Å². The highest BCUT2D eigenvalue weighted by Gasteiger charge is 2.20. The third kappa shape index (κ3) is 5.14. The van der Waals surface area contributed by atoms with E-state index in [1.165, 1.54) is 18.4 Å². The van der Waals surface area contributed by atoms with E-state index < -0.39 is 0 Å². The molecule has 1 aliphatic heterocycles. The van der Waals surface area contributed by atoms with Crippen LogP contribution in [-0.2, 0) is 6.54 Å². The van der Waals surface area contributed by atoms with Crippen LogP contribution in [0.15, 0.2) is 67.0 Å². The van der Waals surface area contributed by atoms with Gasteiger partial charge in [0.15, 0.2) is 5.78 Å². The minimum absolute atomic E-state index is 0. The number of carbonyl (C=O) groups excluding carboxylic acids is 1. The van der Waals surface area contributed by atoms with Crippen molar-refractivity contribution in [3.05, 3.63) is 78.1 Å². The molecule has 0 saturated carbocycles. The van der Waals surface area contributed by atoms with Crippen molar-refractivity contribution in [2.75, 3.05) is 13.1 Å². The lowest BCUT2D eigenvalue weighted by molar-refractivity contribution is 0.0968. The van der Waals surface area contributed by atoms with Crippen molar-refractivity contribution in [2.45, 2.75) is 39.2 Å². The summed E-state index contributed by atoms with van der Waals surface area (Å²) in [4.78, 5) is 15.3. The van der Waals surface area contributed by atoms with Crippen LogP contribution in [0.5, 0.6) is 0 Å². The van der Waals surface area contributed by atoms with Crippen molar-refractivity contribution >= 4 is 35.2 Å². The SMILES string of the molecule is CCn1cc(C(=O)CCC2CCN(C=Cc3ccccc3)CC2)c2ccccc21.Cl. The number of hydrogen-bond acceptors (Lipinski definition) is 2. The van der Waals surface area contributed by atoms with Crippen molar-refractivity contribution in [1.29, 1.82) is 0 Å². The average molecular weight is 423 g/mol. The summed E-state index contributed by atoms with van der Waals surface area (Å²) in [6.45, 7) is 5.18. The topological polar surface area (TPSA) is 25.2 Å². The minimum atomic E-state index is 0. The largest absolute Gasteiger partial charge is 0.377 e. The maximum atomic E-state index is 12.9. The number of piperidine rings is 1. The molecule has 3 nitrogen and oxygen atoms in total. The zero-order valence-electron chi connectivity index (χ0n) is 17.7. The second kappa shape index (κ2) is 10.5. The molecule has 4 rings (SSSR count). The number of para-hydroxylation sites is 1. The molecule has 4 heteroatoms. The number of fused-ring (bicyclic) bond motifs is 1. The van der Waals surface area contributed by atoms with E-state index in [2.05, 4.69) is 65.1 Å². The molecule has 0 spiro atoms. The van der Waals surface area contributed by atoms with E-state index in [4.69, 9.17) is 0 Å². The van der Waals surface area contributed by atoms with Crippen molar-refractivity contribution in [1.82, 2.24) is 9.47 Å². The molecule has 0 atom stereocenters. The van der Waals surface area contributed by atoms with E-state index in [1.807, 2.05) is 24.4 Å². The van der Waals surface area contributed by atoms with Crippen LogP contribution in [0.2, 0.25) is 0 Å². The van der Waals surface area contributed by atoms with E-state index in [0.29, 0.717) is 18.1 Å². The smallest absolute Gasteiger partial charge is 0.165 e. The van der Waals surface area contributed by atoms with Gasteiger partial charge in [-0.15, -0.1) is 12.4 Å². The number of aromatic nitrogens is 1. The number of Topliss-reactive ketones (excluding diaryl/α,β-unsaturated/α-hetero) is 1. The standard InChI is InChI=1S/C26H30N2O.ClH/c1-2-28-20-24(23-10-6-7-11-25(23)28)26(29)13-12-22-15-18-27(19-16-22)17-14-21-8-4-3-5-9-21;/h3-11,14,17,20,22H,2,12-13,15-16,18-19H2,1H3;1H. The average Bonchev–Trinajstić information content (AvgIpc) is 3.16. The van der Waals surface area contributed by atoms with E-state index in [1.54, 1.807) is 0 Å². The van der Waals surface area contributed by atoms with Gasteiger partial charge in [0.1, 0.15) is 0 Å². The Bertz CT molecular complexity index is 985. The summed E-state index contributed by atoms with van der Waals surface area (Å²) in [6.07, 6.45) is 10.4. The lowest BCUT2D eigenvalue weighted by Gasteiger charge is -2.31. The fraction of sp³-hybridized carbons (Fsp3) is 0.346. The third-order valence-electron chi connectivity index (χ3n) is 6.14. The van der Waals surface area contributed by atoms with Gasteiger partial charge in [0.05, 0.1) is 0 Å². The highest BCUT2D eigenvalue weighted by Crippen LogP contribution is 2.26. The zero-order chi connectivity index (χ0) is 20.1. The Morgan fingerprint density at radius 2 is 1.73 bits per heavy atom. The number of ketones is 1. The number of carbonyl (C=O) groups is 1. The number of halogens is 1. The van der Waals surface area contributed by atoms with Crippen LogP contribution >= 0.6 is 12.4 Å². The van der Waals surface area contributed by atoms with Gasteiger partial charge in [0.25, 0.3) is 0 Å². The number of hydrogen-bond donors (Lipinski definition) is 0. The molecule has 30 heavy (non-hydrogen) atoms. The second-order valence-corrected chi connectivity index (χ2v) is 8.01. The van der Waals surface area contributed by atoms with Crippen molar-refractivity contribution in [3.63, 3.8) is 0 Å². The van der Waals surface area contributed by atoms with E-state index in [9.17, 15) is 4.79 Å². The van der Waals surface area contributed by atoms with Crippen molar-refractivity contribution < 1.29 is 4.79 Å². The summed E-state index contributed by atoms with van der Waals surface area (Å²) in [7, 11) is 0. The van der Waals surface area contributed by atoms with Gasteiger partial charge >= 0.3 is 0 Å². The fourth-order valence-corrected chi connectivity index (χ4v) is 4.35. The van der Waals surface area contributed by atoms with Crippen LogP contribution in [0, 0.1) is 5.92 Å². The van der Waals surface area contributed by atoms with Crippen LogP contribution in [-0.4, -0.2) is 28.3 Å². The monoisotopic (exact) mass is 422 g/mol. The molecule has 0 bridgehead atoms. The minimum Gasteiger partial charge on any atom is -0.377 e. The number of nitrogens with zero attached hydrogens (tertiary/aromatic N) is 2. The van der Waals surface area contributed by atoms with Crippen LogP contribution in [0.25, 0.3) is 17.0 Å². The Kier molecular flexibility index (Phi) is 7.75. The Hall–Kier alpha value is -2.52. The summed E-state index contributed by atoms with van der Waals surface area (Å²) >= 11 is 0. The van der Waals surface area contributed by atoms with E-state index >= 15 is 0 Å². The summed E-state index contributed by atoms with van der Waals surface area (Å²) in [5.41, 5.74) is 3.30. The molecule has 3 aromatic rings. The predicted molar refractivity (Wildman–Crippen MR) is 128 cm³/mol. The maximum absolute atomic E-state index is 12.9. The molecule has 0 amide bonds. The van der Waals surface area contributed by atoms with Crippen LogP contribution in [0.4, 0.5) is 0 Å². The Morgan fingerprint density at radius 3 is 2.47 bits per heavy atom. The first-order valence-electron chi connectivity index (χ1n) is 10.8. The van der Waals surface area contributed by atoms with Gasteiger partial charge < -0.3 is 9.47 Å². The lowest BCUT2D eigenvalue weighted by atomic mass is 9.90.